The topological polar surface area (TPSA) is 92.9 Å². The first-order chi connectivity index (χ1) is 12.6. The molecule has 0 saturated heterocycles. The van der Waals surface area contributed by atoms with E-state index in [4.69, 9.17) is 4.74 Å². The first kappa shape index (κ1) is 18.4. The maximum Gasteiger partial charge on any atom is 0.312 e. The summed E-state index contributed by atoms with van der Waals surface area (Å²) in [5.74, 6) is -2.04. The number of Topliss-reactive ketones (excluding diaryl/α,β-unsaturated/α-hetero) is 1. The van der Waals surface area contributed by atoms with Gasteiger partial charge in [-0.25, -0.2) is 9.97 Å². The van der Waals surface area contributed by atoms with E-state index in [-0.39, 0.29) is 6.42 Å². The number of hydrogen-bond donors (Lipinski definition) is 0. The summed E-state index contributed by atoms with van der Waals surface area (Å²) in [6.07, 6.45) is -0.0124. The second-order valence-corrected chi connectivity index (χ2v) is 7.88. The Bertz CT molecular complexity index is 953. The zero-order chi connectivity index (χ0) is 18.5. The van der Waals surface area contributed by atoms with E-state index in [1.807, 2.05) is 22.9 Å². The molecule has 3 aromatic heterocycles. The number of carbonyl (C=O) groups is 2. The minimum Gasteiger partial charge on any atom is -0.457 e. The average Bonchev–Trinajstić information content (AvgIpc) is 3.35. The van der Waals surface area contributed by atoms with Crippen LogP contribution in [-0.2, 0) is 20.7 Å². The van der Waals surface area contributed by atoms with Crippen LogP contribution in [0.25, 0.3) is 10.6 Å². The third kappa shape index (κ3) is 4.40. The first-order valence-corrected chi connectivity index (χ1v) is 10.2. The molecule has 132 valence electrons. The van der Waals surface area contributed by atoms with Gasteiger partial charge in [0.1, 0.15) is 10.0 Å². The lowest BCUT2D eigenvalue weighted by Gasteiger charge is -2.06. The summed E-state index contributed by atoms with van der Waals surface area (Å²) in [5, 5.41) is 18.0. The molecule has 3 rings (SSSR count). The number of carbonyl (C=O) groups excluding carboxylic acids is 2. The van der Waals surface area contributed by atoms with Gasteiger partial charge in [0, 0.05) is 27.4 Å². The highest BCUT2D eigenvalue weighted by Gasteiger charge is 2.24. The molecule has 0 aliphatic heterocycles. The number of thiophene rings is 1. The quantitative estimate of drug-likeness (QED) is 0.560. The fraction of sp³-hybridized carbons (Fsp3) is 0.235. The Kier molecular flexibility index (Phi) is 5.88. The molecule has 0 amide bonds. The van der Waals surface area contributed by atoms with Gasteiger partial charge in [-0.15, -0.1) is 22.7 Å². The lowest BCUT2D eigenvalue weighted by Crippen LogP contribution is -2.20. The van der Waals surface area contributed by atoms with E-state index >= 15 is 0 Å². The highest BCUT2D eigenvalue weighted by molar-refractivity contribution is 7.14. The summed E-state index contributed by atoms with van der Waals surface area (Å²) >= 11 is 4.28. The lowest BCUT2D eigenvalue weighted by molar-refractivity contribution is -0.147. The van der Waals surface area contributed by atoms with Crippen LogP contribution >= 0.6 is 34.0 Å². The number of aromatic nitrogens is 2. The third-order valence-electron chi connectivity index (χ3n) is 3.36. The molecule has 0 radical (unpaired) electrons. The molecule has 3 heterocycles. The van der Waals surface area contributed by atoms with E-state index in [1.165, 1.54) is 22.7 Å². The molecule has 0 spiro atoms. The number of aryl methyl sites for hydroxylation is 1. The predicted octanol–water partition coefficient (Wildman–Crippen LogP) is 3.60. The summed E-state index contributed by atoms with van der Waals surface area (Å²) in [5.41, 5.74) is 2.37. The molecule has 0 bridgehead atoms. The molecule has 0 aromatic carbocycles. The van der Waals surface area contributed by atoms with Gasteiger partial charge in [0.2, 0.25) is 0 Å². The van der Waals surface area contributed by atoms with Crippen molar-refractivity contribution in [3.63, 3.8) is 0 Å². The highest BCUT2D eigenvalue weighted by Crippen LogP contribution is 2.26. The van der Waals surface area contributed by atoms with Crippen LogP contribution in [0.5, 0.6) is 0 Å². The lowest BCUT2D eigenvalue weighted by atomic mass is 10.1. The Morgan fingerprint density at radius 3 is 2.77 bits per heavy atom. The minimum atomic E-state index is -1.01. The summed E-state index contributed by atoms with van der Waals surface area (Å²) in [6.45, 7) is 1.34. The van der Waals surface area contributed by atoms with Crippen molar-refractivity contribution in [2.24, 2.45) is 0 Å². The van der Waals surface area contributed by atoms with Crippen molar-refractivity contribution in [3.8, 4) is 16.6 Å². The Morgan fingerprint density at radius 1 is 1.27 bits per heavy atom. The van der Waals surface area contributed by atoms with Gasteiger partial charge in [0.05, 0.1) is 18.2 Å². The zero-order valence-electron chi connectivity index (χ0n) is 13.7. The summed E-state index contributed by atoms with van der Waals surface area (Å²) in [4.78, 5) is 32.7. The van der Waals surface area contributed by atoms with Gasteiger partial charge in [-0.2, -0.15) is 16.6 Å². The number of ketones is 1. The molecule has 26 heavy (non-hydrogen) atoms. The average molecular weight is 404 g/mol. The maximum atomic E-state index is 12.2. The van der Waals surface area contributed by atoms with Gasteiger partial charge < -0.3 is 4.74 Å². The van der Waals surface area contributed by atoms with Crippen molar-refractivity contribution in [1.29, 1.82) is 5.26 Å². The van der Waals surface area contributed by atoms with E-state index < -0.39 is 24.3 Å². The minimum absolute atomic E-state index is 0.0124. The number of nitrogens with zero attached hydrogens (tertiary/aromatic N) is 3. The number of ether oxygens (including phenoxy) is 1. The fourth-order valence-corrected chi connectivity index (χ4v) is 4.50. The van der Waals surface area contributed by atoms with Gasteiger partial charge in [-0.3, -0.25) is 9.59 Å². The van der Waals surface area contributed by atoms with Crippen molar-refractivity contribution in [2.45, 2.75) is 19.3 Å². The highest BCUT2D eigenvalue weighted by atomic mass is 32.1. The molecule has 0 N–H and O–H groups in total. The summed E-state index contributed by atoms with van der Waals surface area (Å²) in [6, 6.07) is 3.89. The third-order valence-corrected chi connectivity index (χ3v) is 6.01. The predicted molar refractivity (Wildman–Crippen MR) is 100 cm³/mol. The Labute approximate surface area is 161 Å². The largest absolute Gasteiger partial charge is 0.457 e. The molecule has 0 aliphatic rings. The standard InChI is InChI=1S/C17H13N3O3S3/c1-10-7-25-17(19-10)13(5-18)14(21)6-23-15(22)4-12-9-26-16(20-12)11-2-3-24-8-11/h2-3,7-9,13H,4,6H2,1H3/t13-/m0/s1. The van der Waals surface area contributed by atoms with Crippen molar-refractivity contribution in [3.05, 3.63) is 44.0 Å². The number of rotatable bonds is 7. The fourth-order valence-electron chi connectivity index (χ4n) is 2.11. The molecular weight excluding hydrogens is 390 g/mol. The molecule has 9 heteroatoms. The smallest absolute Gasteiger partial charge is 0.312 e. The van der Waals surface area contributed by atoms with E-state index in [0.29, 0.717) is 10.7 Å². The number of esters is 1. The first-order valence-electron chi connectivity index (χ1n) is 7.53. The van der Waals surface area contributed by atoms with Crippen LogP contribution in [0.2, 0.25) is 0 Å². The molecule has 0 unspecified atom stereocenters. The SMILES string of the molecule is Cc1csc([C@@H](C#N)C(=O)COC(=O)Cc2csc(-c3ccsc3)n2)n1. The molecule has 3 aromatic rings. The van der Waals surface area contributed by atoms with Gasteiger partial charge >= 0.3 is 5.97 Å². The Balaban J connectivity index is 1.54. The second kappa shape index (κ2) is 8.31. The van der Waals surface area contributed by atoms with Crippen LogP contribution in [0.15, 0.2) is 27.6 Å². The zero-order valence-corrected chi connectivity index (χ0v) is 16.1. The molecule has 1 atom stereocenters. The summed E-state index contributed by atoms with van der Waals surface area (Å²) < 4.78 is 5.02. The van der Waals surface area contributed by atoms with Crippen LogP contribution in [-0.4, -0.2) is 28.3 Å². The molecule has 0 saturated carbocycles. The van der Waals surface area contributed by atoms with E-state index in [9.17, 15) is 14.9 Å². The van der Waals surface area contributed by atoms with Crippen LogP contribution in [0.3, 0.4) is 0 Å². The second-order valence-electron chi connectivity index (χ2n) is 5.35. The normalized spacial score (nSPS) is 11.7. The van der Waals surface area contributed by atoms with Crippen LogP contribution < -0.4 is 0 Å². The Hall–Kier alpha value is -2.41. The maximum absolute atomic E-state index is 12.2. The number of thiazole rings is 2. The van der Waals surface area contributed by atoms with Gasteiger partial charge in [-0.05, 0) is 18.4 Å². The van der Waals surface area contributed by atoms with Gasteiger partial charge in [0.25, 0.3) is 0 Å². The van der Waals surface area contributed by atoms with E-state index in [0.717, 1.165) is 16.3 Å². The van der Waals surface area contributed by atoms with Gasteiger partial charge in [-0.1, -0.05) is 0 Å². The number of hydrogen-bond acceptors (Lipinski definition) is 9. The van der Waals surface area contributed by atoms with Crippen molar-refractivity contribution >= 4 is 45.8 Å². The molecule has 0 fully saturated rings. The monoisotopic (exact) mass is 403 g/mol. The Morgan fingerprint density at radius 2 is 2.12 bits per heavy atom. The van der Waals surface area contributed by atoms with Gasteiger partial charge in [0.15, 0.2) is 18.3 Å². The van der Waals surface area contributed by atoms with E-state index in [2.05, 4.69) is 9.97 Å². The van der Waals surface area contributed by atoms with Crippen molar-refractivity contribution < 1.29 is 14.3 Å². The van der Waals surface area contributed by atoms with Crippen LogP contribution in [0.4, 0.5) is 0 Å². The number of nitriles is 1. The molecule has 0 aliphatic carbocycles. The van der Waals surface area contributed by atoms with E-state index in [1.54, 1.807) is 29.0 Å². The van der Waals surface area contributed by atoms with Crippen LogP contribution in [0, 0.1) is 18.3 Å². The molecular formula is C17H13N3O3S3. The van der Waals surface area contributed by atoms with Crippen molar-refractivity contribution in [2.75, 3.05) is 6.61 Å². The van der Waals surface area contributed by atoms with Crippen molar-refractivity contribution in [1.82, 2.24) is 9.97 Å². The van der Waals surface area contributed by atoms with Crippen LogP contribution in [0.1, 0.15) is 22.3 Å². The molecule has 6 nitrogen and oxygen atoms in total. The summed E-state index contributed by atoms with van der Waals surface area (Å²) in [7, 11) is 0.